The number of rotatable bonds is 1. The highest BCUT2D eigenvalue weighted by molar-refractivity contribution is 5.34. The molecule has 1 aliphatic rings. The first kappa shape index (κ1) is 11.7. The molecule has 0 amide bonds. The average molecular weight is 225 g/mol. The molecule has 86 valence electrons. The molecular formula is C15H15NO. The van der Waals surface area contributed by atoms with Crippen molar-refractivity contribution < 1.29 is 5.11 Å². The Hall–Kier alpha value is -1.77. The Morgan fingerprint density at radius 2 is 1.71 bits per heavy atom. The third-order valence-electron chi connectivity index (χ3n) is 3.74. The van der Waals surface area contributed by atoms with Gasteiger partial charge in [0.25, 0.3) is 0 Å². The van der Waals surface area contributed by atoms with Gasteiger partial charge in [-0.15, -0.1) is 6.42 Å². The monoisotopic (exact) mass is 225 g/mol. The SMILES string of the molecule is C#CC1(O)CCC(C#N)(c2ccccc2)CC1. The summed E-state index contributed by atoms with van der Waals surface area (Å²) in [6.07, 6.45) is 7.55. The summed E-state index contributed by atoms with van der Waals surface area (Å²) in [5.41, 5.74) is -0.471. The van der Waals surface area contributed by atoms with Crippen molar-refractivity contribution in [3.8, 4) is 18.4 Å². The van der Waals surface area contributed by atoms with Crippen LogP contribution in [0.4, 0.5) is 0 Å². The molecule has 0 atom stereocenters. The second kappa shape index (κ2) is 4.24. The van der Waals surface area contributed by atoms with Gasteiger partial charge >= 0.3 is 0 Å². The molecule has 0 saturated heterocycles. The average Bonchev–Trinajstić information content (AvgIpc) is 2.41. The van der Waals surface area contributed by atoms with E-state index >= 15 is 0 Å². The molecule has 2 nitrogen and oxygen atoms in total. The zero-order valence-corrected chi connectivity index (χ0v) is 9.69. The fourth-order valence-electron chi connectivity index (χ4n) is 2.46. The molecule has 2 rings (SSSR count). The molecule has 1 aromatic carbocycles. The van der Waals surface area contributed by atoms with Crippen molar-refractivity contribution in [2.24, 2.45) is 0 Å². The first-order valence-corrected chi connectivity index (χ1v) is 5.81. The summed E-state index contributed by atoms with van der Waals surface area (Å²) in [6, 6.07) is 12.2. The van der Waals surface area contributed by atoms with Crippen molar-refractivity contribution >= 4 is 0 Å². The second-order valence-corrected chi connectivity index (χ2v) is 4.74. The number of terminal acetylenes is 1. The van der Waals surface area contributed by atoms with Crippen molar-refractivity contribution in [3.05, 3.63) is 35.9 Å². The van der Waals surface area contributed by atoms with Gasteiger partial charge in [0.2, 0.25) is 0 Å². The summed E-state index contributed by atoms with van der Waals surface area (Å²) >= 11 is 0. The Labute approximate surface area is 102 Å². The van der Waals surface area contributed by atoms with Crippen molar-refractivity contribution in [1.82, 2.24) is 0 Å². The summed E-state index contributed by atoms with van der Waals surface area (Å²) in [6.45, 7) is 0. The minimum Gasteiger partial charge on any atom is -0.378 e. The third kappa shape index (κ3) is 2.05. The maximum atomic E-state index is 10.0. The van der Waals surface area contributed by atoms with Crippen LogP contribution in [0.15, 0.2) is 30.3 Å². The van der Waals surface area contributed by atoms with Crippen molar-refractivity contribution in [2.75, 3.05) is 0 Å². The fourth-order valence-corrected chi connectivity index (χ4v) is 2.46. The van der Waals surface area contributed by atoms with Crippen molar-refractivity contribution in [3.63, 3.8) is 0 Å². The van der Waals surface area contributed by atoms with Gasteiger partial charge in [0, 0.05) is 0 Å². The van der Waals surface area contributed by atoms with E-state index in [-0.39, 0.29) is 0 Å². The van der Waals surface area contributed by atoms with Crippen molar-refractivity contribution in [2.45, 2.75) is 36.7 Å². The molecule has 1 saturated carbocycles. The maximum absolute atomic E-state index is 10.0. The maximum Gasteiger partial charge on any atom is 0.125 e. The summed E-state index contributed by atoms with van der Waals surface area (Å²) in [7, 11) is 0. The van der Waals surface area contributed by atoms with Gasteiger partial charge in [-0.25, -0.2) is 0 Å². The van der Waals surface area contributed by atoms with E-state index in [0.29, 0.717) is 25.7 Å². The number of benzene rings is 1. The quantitative estimate of drug-likeness (QED) is 0.746. The van der Waals surface area contributed by atoms with E-state index in [1.54, 1.807) is 0 Å². The topological polar surface area (TPSA) is 44.0 Å². The lowest BCUT2D eigenvalue weighted by molar-refractivity contribution is 0.0450. The third-order valence-corrected chi connectivity index (χ3v) is 3.74. The minimum atomic E-state index is -1.02. The highest BCUT2D eigenvalue weighted by Gasteiger charge is 2.42. The molecular weight excluding hydrogens is 210 g/mol. The highest BCUT2D eigenvalue weighted by Crippen LogP contribution is 2.42. The number of hydrogen-bond donors (Lipinski definition) is 1. The van der Waals surface area contributed by atoms with Crippen LogP contribution < -0.4 is 0 Å². The molecule has 1 N–H and O–H groups in total. The number of hydrogen-bond acceptors (Lipinski definition) is 2. The van der Waals surface area contributed by atoms with Crippen molar-refractivity contribution in [1.29, 1.82) is 5.26 Å². The van der Waals surface area contributed by atoms with Crippen LogP contribution in [0.5, 0.6) is 0 Å². The van der Waals surface area contributed by atoms with Gasteiger partial charge in [-0.1, -0.05) is 36.3 Å². The van der Waals surface area contributed by atoms with Crippen LogP contribution in [0.1, 0.15) is 31.2 Å². The number of nitrogens with zero attached hydrogens (tertiary/aromatic N) is 1. The zero-order chi connectivity index (χ0) is 12.4. The van der Waals surface area contributed by atoms with Gasteiger partial charge in [-0.05, 0) is 31.2 Å². The van der Waals surface area contributed by atoms with Gasteiger partial charge in [-0.2, -0.15) is 5.26 Å². The van der Waals surface area contributed by atoms with E-state index in [4.69, 9.17) is 6.42 Å². The molecule has 0 bridgehead atoms. The van der Waals surface area contributed by atoms with Gasteiger partial charge < -0.3 is 5.11 Å². The first-order valence-electron chi connectivity index (χ1n) is 5.81. The van der Waals surface area contributed by atoms with Gasteiger partial charge in [0.05, 0.1) is 11.5 Å². The Morgan fingerprint density at radius 3 is 2.18 bits per heavy atom. The lowest BCUT2D eigenvalue weighted by atomic mass is 9.66. The van der Waals surface area contributed by atoms with Crippen LogP contribution in [0.3, 0.4) is 0 Å². The Bertz CT molecular complexity index is 470. The molecule has 0 spiro atoms. The van der Waals surface area contributed by atoms with Crippen LogP contribution in [0, 0.1) is 23.7 Å². The molecule has 17 heavy (non-hydrogen) atoms. The number of aliphatic hydroxyl groups is 1. The van der Waals surface area contributed by atoms with E-state index in [2.05, 4.69) is 12.0 Å². The second-order valence-electron chi connectivity index (χ2n) is 4.74. The minimum absolute atomic E-state index is 0.482. The standard InChI is InChI=1S/C15H15NO/c1-2-15(17)10-8-14(12-16,9-11-15)13-6-4-3-5-7-13/h1,3-7,17H,8-11H2. The van der Waals surface area contributed by atoms with Crippen LogP contribution in [0.2, 0.25) is 0 Å². The molecule has 0 heterocycles. The van der Waals surface area contributed by atoms with E-state index in [9.17, 15) is 10.4 Å². The van der Waals surface area contributed by atoms with E-state index in [1.165, 1.54) is 0 Å². The molecule has 2 heteroatoms. The first-order chi connectivity index (χ1) is 8.14. The predicted octanol–water partition coefficient (Wildman–Crippen LogP) is 2.39. The van der Waals surface area contributed by atoms with Crippen LogP contribution >= 0.6 is 0 Å². The van der Waals surface area contributed by atoms with Gasteiger partial charge in [-0.3, -0.25) is 0 Å². The molecule has 0 unspecified atom stereocenters. The van der Waals surface area contributed by atoms with E-state index in [0.717, 1.165) is 5.56 Å². The Balaban J connectivity index is 2.27. The fraction of sp³-hybridized carbons (Fsp3) is 0.400. The smallest absolute Gasteiger partial charge is 0.125 e. The Kier molecular flexibility index (Phi) is 2.92. The van der Waals surface area contributed by atoms with Gasteiger partial charge in [0.15, 0.2) is 0 Å². The lowest BCUT2D eigenvalue weighted by Crippen LogP contribution is -2.39. The predicted molar refractivity (Wildman–Crippen MR) is 66.0 cm³/mol. The summed E-state index contributed by atoms with van der Waals surface area (Å²) < 4.78 is 0. The highest BCUT2D eigenvalue weighted by atomic mass is 16.3. The molecule has 0 radical (unpaired) electrons. The molecule has 1 fully saturated rings. The summed E-state index contributed by atoms with van der Waals surface area (Å²) in [5.74, 6) is 2.44. The largest absolute Gasteiger partial charge is 0.378 e. The van der Waals surface area contributed by atoms with E-state index < -0.39 is 11.0 Å². The molecule has 1 aromatic rings. The van der Waals surface area contributed by atoms with Crippen LogP contribution in [-0.2, 0) is 5.41 Å². The molecule has 0 aliphatic heterocycles. The van der Waals surface area contributed by atoms with E-state index in [1.807, 2.05) is 30.3 Å². The van der Waals surface area contributed by atoms with Gasteiger partial charge in [0.1, 0.15) is 5.60 Å². The van der Waals surface area contributed by atoms with Crippen LogP contribution in [-0.4, -0.2) is 10.7 Å². The Morgan fingerprint density at radius 1 is 1.12 bits per heavy atom. The number of nitriles is 1. The summed E-state index contributed by atoms with van der Waals surface area (Å²) in [4.78, 5) is 0. The summed E-state index contributed by atoms with van der Waals surface area (Å²) in [5, 5.41) is 19.5. The normalized spacial score (nSPS) is 32.4. The zero-order valence-electron chi connectivity index (χ0n) is 9.69. The molecule has 1 aliphatic carbocycles. The van der Waals surface area contributed by atoms with Crippen LogP contribution in [0.25, 0.3) is 0 Å². The lowest BCUT2D eigenvalue weighted by Gasteiger charge is -2.37. The molecule has 0 aromatic heterocycles.